The van der Waals surface area contributed by atoms with E-state index in [9.17, 15) is 4.79 Å². The second-order valence-electron chi connectivity index (χ2n) is 6.18. The average molecular weight is 297 g/mol. The first-order chi connectivity index (χ1) is 10.6. The number of carbonyl (C=O) groups is 1. The predicted octanol–water partition coefficient (Wildman–Crippen LogP) is 2.56. The Hall–Kier alpha value is -2.10. The Morgan fingerprint density at radius 1 is 1.32 bits per heavy atom. The van der Waals surface area contributed by atoms with Gasteiger partial charge >= 0.3 is 0 Å². The van der Waals surface area contributed by atoms with Gasteiger partial charge in [0.25, 0.3) is 0 Å². The number of aromatic nitrogens is 2. The topological polar surface area (TPSA) is 46.9 Å². The smallest absolute Gasteiger partial charge is 0.222 e. The lowest BCUT2D eigenvalue weighted by Gasteiger charge is -2.25. The van der Waals surface area contributed by atoms with Crippen LogP contribution in [0.4, 0.5) is 0 Å². The first-order valence-corrected chi connectivity index (χ1v) is 7.99. The third-order valence-corrected chi connectivity index (χ3v) is 4.37. The van der Waals surface area contributed by atoms with E-state index >= 15 is 0 Å². The van der Waals surface area contributed by atoms with E-state index in [1.165, 1.54) is 11.1 Å². The van der Waals surface area contributed by atoms with Crippen molar-refractivity contribution < 1.29 is 4.79 Å². The maximum atomic E-state index is 12.2. The molecule has 1 aromatic heterocycles. The highest BCUT2D eigenvalue weighted by atomic mass is 16.1. The number of fused-ring (bicyclic) bond motifs is 1. The van der Waals surface area contributed by atoms with Crippen LogP contribution in [0, 0.1) is 13.8 Å². The zero-order valence-corrected chi connectivity index (χ0v) is 13.3. The van der Waals surface area contributed by atoms with Gasteiger partial charge in [-0.25, -0.2) is 0 Å². The van der Waals surface area contributed by atoms with E-state index < -0.39 is 0 Å². The Kier molecular flexibility index (Phi) is 4.27. The standard InChI is InChI=1S/C18H23N3O/c1-13-11-14(2)21(20-13)10-9-18(22)19-17-8-7-15-5-3-4-6-16(15)12-17/h3-6,11,17H,7-10,12H2,1-2H3,(H,19,22). The normalized spacial score (nSPS) is 17.1. The highest BCUT2D eigenvalue weighted by Crippen LogP contribution is 2.21. The van der Waals surface area contributed by atoms with Gasteiger partial charge in [0.2, 0.25) is 5.91 Å². The van der Waals surface area contributed by atoms with Gasteiger partial charge in [-0.1, -0.05) is 24.3 Å². The van der Waals surface area contributed by atoms with E-state index in [4.69, 9.17) is 0 Å². The molecule has 0 aliphatic heterocycles. The molecule has 0 radical (unpaired) electrons. The summed E-state index contributed by atoms with van der Waals surface area (Å²) >= 11 is 0. The minimum absolute atomic E-state index is 0.122. The monoisotopic (exact) mass is 297 g/mol. The van der Waals surface area contributed by atoms with Crippen LogP contribution in [0.3, 0.4) is 0 Å². The molecule has 0 bridgehead atoms. The summed E-state index contributed by atoms with van der Waals surface area (Å²) in [4.78, 5) is 12.2. The minimum Gasteiger partial charge on any atom is -0.353 e. The molecule has 2 aromatic rings. The third-order valence-electron chi connectivity index (χ3n) is 4.37. The molecule has 0 spiro atoms. The summed E-state index contributed by atoms with van der Waals surface area (Å²) in [6, 6.07) is 10.8. The summed E-state index contributed by atoms with van der Waals surface area (Å²) in [5.41, 5.74) is 4.91. The molecule has 1 aliphatic rings. The highest BCUT2D eigenvalue weighted by molar-refractivity contribution is 5.76. The van der Waals surface area contributed by atoms with Crippen molar-refractivity contribution in [2.45, 2.75) is 52.1 Å². The van der Waals surface area contributed by atoms with Gasteiger partial charge in [-0.3, -0.25) is 9.48 Å². The summed E-state index contributed by atoms with van der Waals surface area (Å²) in [7, 11) is 0. The third kappa shape index (κ3) is 3.38. The Morgan fingerprint density at radius 3 is 2.82 bits per heavy atom. The molecular formula is C18H23N3O. The van der Waals surface area contributed by atoms with Crippen LogP contribution in [-0.2, 0) is 24.2 Å². The highest BCUT2D eigenvalue weighted by Gasteiger charge is 2.19. The lowest BCUT2D eigenvalue weighted by Crippen LogP contribution is -2.39. The number of hydrogen-bond acceptors (Lipinski definition) is 2. The lowest BCUT2D eigenvalue weighted by atomic mass is 9.88. The van der Waals surface area contributed by atoms with E-state index in [1.807, 2.05) is 24.6 Å². The fourth-order valence-electron chi connectivity index (χ4n) is 3.23. The summed E-state index contributed by atoms with van der Waals surface area (Å²) in [5, 5.41) is 7.57. The quantitative estimate of drug-likeness (QED) is 0.943. The molecule has 4 heteroatoms. The molecule has 22 heavy (non-hydrogen) atoms. The fourth-order valence-corrected chi connectivity index (χ4v) is 3.23. The summed E-state index contributed by atoms with van der Waals surface area (Å²) in [6.45, 7) is 4.65. The number of benzene rings is 1. The molecule has 0 saturated carbocycles. The largest absolute Gasteiger partial charge is 0.353 e. The average Bonchev–Trinajstić information content (AvgIpc) is 2.83. The van der Waals surface area contributed by atoms with Crippen molar-refractivity contribution in [1.29, 1.82) is 0 Å². The maximum absolute atomic E-state index is 12.2. The van der Waals surface area contributed by atoms with Crippen molar-refractivity contribution >= 4 is 5.91 Å². The van der Waals surface area contributed by atoms with Gasteiger partial charge in [0.15, 0.2) is 0 Å². The van der Waals surface area contributed by atoms with E-state index in [0.29, 0.717) is 13.0 Å². The van der Waals surface area contributed by atoms with Crippen molar-refractivity contribution in [1.82, 2.24) is 15.1 Å². The number of aryl methyl sites for hydroxylation is 4. The van der Waals surface area contributed by atoms with Crippen LogP contribution in [0.2, 0.25) is 0 Å². The van der Waals surface area contributed by atoms with E-state index in [1.54, 1.807) is 0 Å². The number of nitrogens with one attached hydrogen (secondary N) is 1. The molecule has 1 N–H and O–H groups in total. The van der Waals surface area contributed by atoms with Crippen molar-refractivity contribution in [3.63, 3.8) is 0 Å². The van der Waals surface area contributed by atoms with Crippen LogP contribution in [0.1, 0.15) is 35.4 Å². The molecule has 1 aromatic carbocycles. The summed E-state index contributed by atoms with van der Waals surface area (Å²) in [5.74, 6) is 0.122. The van der Waals surface area contributed by atoms with Gasteiger partial charge < -0.3 is 5.32 Å². The Balaban J connectivity index is 1.51. The fraction of sp³-hybridized carbons (Fsp3) is 0.444. The van der Waals surface area contributed by atoms with Crippen LogP contribution in [0.25, 0.3) is 0 Å². The van der Waals surface area contributed by atoms with Gasteiger partial charge in [-0.15, -0.1) is 0 Å². The Bertz CT molecular complexity index is 675. The Morgan fingerprint density at radius 2 is 2.09 bits per heavy atom. The predicted molar refractivity (Wildman–Crippen MR) is 86.7 cm³/mol. The zero-order chi connectivity index (χ0) is 15.5. The van der Waals surface area contributed by atoms with Crippen molar-refractivity contribution in [3.8, 4) is 0 Å². The van der Waals surface area contributed by atoms with E-state index in [-0.39, 0.29) is 11.9 Å². The molecule has 1 aliphatic carbocycles. The van der Waals surface area contributed by atoms with Gasteiger partial charge in [0.05, 0.1) is 5.69 Å². The first kappa shape index (κ1) is 14.8. The molecule has 1 atom stereocenters. The number of rotatable bonds is 4. The maximum Gasteiger partial charge on any atom is 0.222 e. The van der Waals surface area contributed by atoms with Crippen molar-refractivity contribution in [2.75, 3.05) is 0 Å². The van der Waals surface area contributed by atoms with Gasteiger partial charge in [0, 0.05) is 24.7 Å². The van der Waals surface area contributed by atoms with Crippen LogP contribution >= 0.6 is 0 Å². The van der Waals surface area contributed by atoms with Gasteiger partial charge in [-0.05, 0) is 50.3 Å². The van der Waals surface area contributed by atoms with Crippen LogP contribution in [0.15, 0.2) is 30.3 Å². The number of hydrogen-bond donors (Lipinski definition) is 1. The molecule has 1 heterocycles. The molecule has 3 rings (SSSR count). The summed E-state index contributed by atoms with van der Waals surface area (Å²) in [6.07, 6.45) is 3.52. The van der Waals surface area contributed by atoms with E-state index in [2.05, 4.69) is 34.7 Å². The lowest BCUT2D eigenvalue weighted by molar-refractivity contribution is -0.122. The first-order valence-electron chi connectivity index (χ1n) is 7.99. The van der Waals surface area contributed by atoms with Crippen molar-refractivity contribution in [2.24, 2.45) is 0 Å². The number of nitrogens with zero attached hydrogens (tertiary/aromatic N) is 2. The summed E-state index contributed by atoms with van der Waals surface area (Å²) < 4.78 is 1.91. The molecule has 116 valence electrons. The van der Waals surface area contributed by atoms with E-state index in [0.717, 1.165) is 30.7 Å². The van der Waals surface area contributed by atoms with Crippen LogP contribution in [0.5, 0.6) is 0 Å². The molecule has 1 unspecified atom stereocenters. The molecule has 0 fully saturated rings. The molecule has 4 nitrogen and oxygen atoms in total. The zero-order valence-electron chi connectivity index (χ0n) is 13.3. The molecule has 0 saturated heterocycles. The number of carbonyl (C=O) groups excluding carboxylic acids is 1. The number of amides is 1. The van der Waals surface area contributed by atoms with Gasteiger partial charge in [-0.2, -0.15) is 5.10 Å². The molecular weight excluding hydrogens is 274 g/mol. The SMILES string of the molecule is Cc1cc(C)n(CCC(=O)NC2CCc3ccccc3C2)n1. The molecule has 1 amide bonds. The Labute approximate surface area is 131 Å². The second-order valence-corrected chi connectivity index (χ2v) is 6.18. The van der Waals surface area contributed by atoms with Crippen molar-refractivity contribution in [3.05, 3.63) is 52.8 Å². The minimum atomic E-state index is 0.122. The second kappa shape index (κ2) is 6.34. The van der Waals surface area contributed by atoms with Gasteiger partial charge in [0.1, 0.15) is 0 Å². The van der Waals surface area contributed by atoms with Crippen LogP contribution < -0.4 is 5.32 Å². The van der Waals surface area contributed by atoms with Crippen LogP contribution in [-0.4, -0.2) is 21.7 Å².